The molecule has 118 valence electrons. The predicted molar refractivity (Wildman–Crippen MR) is 84.5 cm³/mol. The van der Waals surface area contributed by atoms with Crippen molar-refractivity contribution in [3.63, 3.8) is 0 Å². The first kappa shape index (κ1) is 17.3. The molecule has 0 aliphatic carbocycles. The molecule has 0 aromatic heterocycles. The minimum Gasteiger partial charge on any atom is -0.506 e. The van der Waals surface area contributed by atoms with Gasteiger partial charge in [0, 0.05) is 12.5 Å². The van der Waals surface area contributed by atoms with Crippen molar-refractivity contribution in [2.24, 2.45) is 17.6 Å². The van der Waals surface area contributed by atoms with Gasteiger partial charge in [0.1, 0.15) is 11.5 Å². The van der Waals surface area contributed by atoms with E-state index in [1.165, 1.54) is 13.2 Å². The van der Waals surface area contributed by atoms with E-state index in [0.29, 0.717) is 36.2 Å². The molecule has 21 heavy (non-hydrogen) atoms. The third-order valence-electron chi connectivity index (χ3n) is 3.70. The summed E-state index contributed by atoms with van der Waals surface area (Å²) in [6.45, 7) is 4.94. The van der Waals surface area contributed by atoms with Crippen LogP contribution >= 0.6 is 0 Å². The van der Waals surface area contributed by atoms with Crippen molar-refractivity contribution in [3.05, 3.63) is 18.2 Å². The van der Waals surface area contributed by atoms with Crippen molar-refractivity contribution in [2.45, 2.75) is 33.1 Å². The minimum absolute atomic E-state index is 0.00469. The van der Waals surface area contributed by atoms with E-state index in [1.54, 1.807) is 12.1 Å². The average molecular weight is 294 g/mol. The van der Waals surface area contributed by atoms with Gasteiger partial charge in [0.25, 0.3) is 0 Å². The SMILES string of the molecule is COc1ccc(NC(=O)CCC(CCN)C(C)C)c(O)c1. The Morgan fingerprint density at radius 1 is 1.38 bits per heavy atom. The Balaban J connectivity index is 2.53. The summed E-state index contributed by atoms with van der Waals surface area (Å²) in [7, 11) is 1.52. The number of benzene rings is 1. The van der Waals surface area contributed by atoms with Gasteiger partial charge in [-0.3, -0.25) is 4.79 Å². The Morgan fingerprint density at radius 3 is 2.62 bits per heavy atom. The van der Waals surface area contributed by atoms with Crippen LogP contribution in [0.3, 0.4) is 0 Å². The van der Waals surface area contributed by atoms with Crippen LogP contribution in [0.4, 0.5) is 5.69 Å². The molecule has 1 aromatic carbocycles. The standard InChI is InChI=1S/C16H26N2O3/c1-11(2)12(8-9-17)4-7-16(20)18-14-6-5-13(21-3)10-15(14)19/h5-6,10-12,19H,4,7-9,17H2,1-3H3,(H,18,20). The largest absolute Gasteiger partial charge is 0.506 e. The number of phenols is 1. The van der Waals surface area contributed by atoms with Crippen LogP contribution in [0.2, 0.25) is 0 Å². The minimum atomic E-state index is -0.0989. The topological polar surface area (TPSA) is 84.6 Å². The zero-order valence-electron chi connectivity index (χ0n) is 13.1. The number of rotatable bonds is 8. The van der Waals surface area contributed by atoms with Crippen molar-refractivity contribution in [1.82, 2.24) is 0 Å². The van der Waals surface area contributed by atoms with Gasteiger partial charge in [0.05, 0.1) is 12.8 Å². The number of aromatic hydroxyl groups is 1. The quantitative estimate of drug-likeness (QED) is 0.644. The lowest BCUT2D eigenvalue weighted by Crippen LogP contribution is -2.18. The molecule has 4 N–H and O–H groups in total. The summed E-state index contributed by atoms with van der Waals surface area (Å²) in [5.41, 5.74) is 6.00. The first-order valence-corrected chi connectivity index (χ1v) is 7.34. The monoisotopic (exact) mass is 294 g/mol. The molecule has 0 bridgehead atoms. The second-order valence-electron chi connectivity index (χ2n) is 5.55. The van der Waals surface area contributed by atoms with Gasteiger partial charge in [0.2, 0.25) is 5.91 Å². The van der Waals surface area contributed by atoms with Crippen LogP contribution in [-0.4, -0.2) is 24.7 Å². The maximum atomic E-state index is 12.0. The van der Waals surface area contributed by atoms with Crippen LogP contribution in [0.5, 0.6) is 11.5 Å². The number of amides is 1. The molecule has 1 rings (SSSR count). The molecule has 1 atom stereocenters. The third-order valence-corrected chi connectivity index (χ3v) is 3.70. The van der Waals surface area contributed by atoms with E-state index in [1.807, 2.05) is 0 Å². The van der Waals surface area contributed by atoms with Crippen LogP contribution in [0.25, 0.3) is 0 Å². The van der Waals surface area contributed by atoms with Gasteiger partial charge in [-0.2, -0.15) is 0 Å². The summed E-state index contributed by atoms with van der Waals surface area (Å²) < 4.78 is 5.00. The Labute approximate surface area is 126 Å². The lowest BCUT2D eigenvalue weighted by atomic mass is 9.88. The Hall–Kier alpha value is -1.75. The van der Waals surface area contributed by atoms with Crippen molar-refractivity contribution in [3.8, 4) is 11.5 Å². The van der Waals surface area contributed by atoms with Gasteiger partial charge in [-0.15, -0.1) is 0 Å². The molecule has 1 unspecified atom stereocenters. The summed E-state index contributed by atoms with van der Waals surface area (Å²) in [5.74, 6) is 1.41. The summed E-state index contributed by atoms with van der Waals surface area (Å²) in [5, 5.41) is 12.5. The highest BCUT2D eigenvalue weighted by Gasteiger charge is 2.15. The fraction of sp³-hybridized carbons (Fsp3) is 0.562. The molecule has 0 saturated heterocycles. The Kier molecular flexibility index (Phi) is 7.02. The average Bonchev–Trinajstić information content (AvgIpc) is 2.45. The third kappa shape index (κ3) is 5.63. The molecule has 0 spiro atoms. The first-order valence-electron chi connectivity index (χ1n) is 7.34. The van der Waals surface area contributed by atoms with Crippen molar-refractivity contribution >= 4 is 11.6 Å². The molecular weight excluding hydrogens is 268 g/mol. The van der Waals surface area contributed by atoms with Crippen LogP contribution < -0.4 is 15.8 Å². The molecule has 5 heteroatoms. The zero-order chi connectivity index (χ0) is 15.8. The predicted octanol–water partition coefficient (Wildman–Crippen LogP) is 2.74. The fourth-order valence-corrected chi connectivity index (χ4v) is 2.30. The zero-order valence-corrected chi connectivity index (χ0v) is 13.1. The summed E-state index contributed by atoms with van der Waals surface area (Å²) in [4.78, 5) is 12.0. The van der Waals surface area contributed by atoms with E-state index in [4.69, 9.17) is 10.5 Å². The van der Waals surface area contributed by atoms with Gasteiger partial charge >= 0.3 is 0 Å². The molecule has 1 amide bonds. The van der Waals surface area contributed by atoms with Crippen LogP contribution in [0.1, 0.15) is 33.1 Å². The molecular formula is C16H26N2O3. The van der Waals surface area contributed by atoms with Crippen molar-refractivity contribution in [2.75, 3.05) is 19.0 Å². The van der Waals surface area contributed by atoms with E-state index in [-0.39, 0.29) is 11.7 Å². The Morgan fingerprint density at radius 2 is 2.10 bits per heavy atom. The maximum Gasteiger partial charge on any atom is 0.224 e. The van der Waals surface area contributed by atoms with E-state index < -0.39 is 0 Å². The van der Waals surface area contributed by atoms with Gasteiger partial charge in [-0.25, -0.2) is 0 Å². The number of phenolic OH excluding ortho intramolecular Hbond substituents is 1. The van der Waals surface area contributed by atoms with Gasteiger partial charge in [-0.1, -0.05) is 13.8 Å². The van der Waals surface area contributed by atoms with E-state index in [9.17, 15) is 9.90 Å². The molecule has 0 saturated carbocycles. The highest BCUT2D eigenvalue weighted by Crippen LogP contribution is 2.28. The highest BCUT2D eigenvalue weighted by molar-refractivity contribution is 5.92. The lowest BCUT2D eigenvalue weighted by Gasteiger charge is -2.19. The highest BCUT2D eigenvalue weighted by atomic mass is 16.5. The molecule has 0 aliphatic heterocycles. The molecule has 1 aromatic rings. The number of methoxy groups -OCH3 is 1. The number of ether oxygens (including phenoxy) is 1. The van der Waals surface area contributed by atoms with Crippen LogP contribution in [-0.2, 0) is 4.79 Å². The number of carbonyl (C=O) groups is 1. The van der Waals surface area contributed by atoms with E-state index >= 15 is 0 Å². The number of hydrogen-bond acceptors (Lipinski definition) is 4. The van der Waals surface area contributed by atoms with Gasteiger partial charge in [-0.05, 0) is 43.4 Å². The Bertz CT molecular complexity index is 461. The first-order chi connectivity index (χ1) is 9.97. The number of nitrogens with two attached hydrogens (primary N) is 1. The van der Waals surface area contributed by atoms with Crippen molar-refractivity contribution in [1.29, 1.82) is 0 Å². The van der Waals surface area contributed by atoms with Gasteiger partial charge < -0.3 is 20.9 Å². The number of hydrogen-bond donors (Lipinski definition) is 3. The summed E-state index contributed by atoms with van der Waals surface area (Å²) >= 11 is 0. The van der Waals surface area contributed by atoms with Crippen molar-refractivity contribution < 1.29 is 14.6 Å². The summed E-state index contributed by atoms with van der Waals surface area (Å²) in [6.07, 6.45) is 2.16. The van der Waals surface area contributed by atoms with Crippen LogP contribution in [0, 0.1) is 11.8 Å². The second kappa shape index (κ2) is 8.52. The van der Waals surface area contributed by atoms with E-state index in [2.05, 4.69) is 19.2 Å². The maximum absolute atomic E-state index is 12.0. The normalized spacial score (nSPS) is 12.2. The molecule has 0 fully saturated rings. The molecule has 0 radical (unpaired) electrons. The van der Waals surface area contributed by atoms with Crippen LogP contribution in [0.15, 0.2) is 18.2 Å². The van der Waals surface area contributed by atoms with E-state index in [0.717, 1.165) is 12.8 Å². The lowest BCUT2D eigenvalue weighted by molar-refractivity contribution is -0.116. The fourth-order valence-electron chi connectivity index (χ4n) is 2.30. The molecule has 5 nitrogen and oxygen atoms in total. The summed E-state index contributed by atoms with van der Waals surface area (Å²) in [6, 6.07) is 4.80. The molecule has 0 heterocycles. The number of nitrogens with one attached hydrogen (secondary N) is 1. The molecule has 0 aliphatic rings. The smallest absolute Gasteiger partial charge is 0.224 e. The second-order valence-corrected chi connectivity index (χ2v) is 5.55. The number of anilines is 1. The van der Waals surface area contributed by atoms with Gasteiger partial charge in [0.15, 0.2) is 0 Å². The number of carbonyl (C=O) groups excluding carboxylic acids is 1.